The Balaban J connectivity index is 1.92. The number of nitrogens with two attached hydrogens (primary N) is 1. The molecule has 0 amide bonds. The average Bonchev–Trinajstić information content (AvgIpc) is 2.77. The van der Waals surface area contributed by atoms with Gasteiger partial charge in [0.1, 0.15) is 11.9 Å². The lowest BCUT2D eigenvalue weighted by atomic mass is 10.3. The maximum atomic E-state index is 8.71. The number of aromatic nitrogens is 2. The molecule has 2 aromatic heterocycles. The second kappa shape index (κ2) is 5.47. The van der Waals surface area contributed by atoms with E-state index in [1.807, 2.05) is 18.4 Å². The molecule has 0 radical (unpaired) electrons. The molecule has 0 fully saturated rings. The summed E-state index contributed by atoms with van der Waals surface area (Å²) < 4.78 is 0. The SMILES string of the molecule is Cc1csc(CCNc2ncc(C#N)cc2N)n1. The van der Waals surface area contributed by atoms with Crippen LogP contribution < -0.4 is 11.1 Å². The van der Waals surface area contributed by atoms with Crippen molar-refractivity contribution in [2.24, 2.45) is 0 Å². The summed E-state index contributed by atoms with van der Waals surface area (Å²) in [4.78, 5) is 8.49. The summed E-state index contributed by atoms with van der Waals surface area (Å²) in [5.74, 6) is 0.613. The highest BCUT2D eigenvalue weighted by Gasteiger charge is 2.03. The third kappa shape index (κ3) is 2.96. The molecule has 0 aromatic carbocycles. The fraction of sp³-hybridized carbons (Fsp3) is 0.250. The highest BCUT2D eigenvalue weighted by molar-refractivity contribution is 7.09. The van der Waals surface area contributed by atoms with Crippen molar-refractivity contribution >= 4 is 22.8 Å². The lowest BCUT2D eigenvalue weighted by Gasteiger charge is -2.07. The van der Waals surface area contributed by atoms with Crippen molar-refractivity contribution < 1.29 is 0 Å². The van der Waals surface area contributed by atoms with Crippen LogP contribution in [0.15, 0.2) is 17.6 Å². The van der Waals surface area contributed by atoms with Crippen molar-refractivity contribution in [2.75, 3.05) is 17.6 Å². The Morgan fingerprint density at radius 1 is 1.56 bits per heavy atom. The summed E-state index contributed by atoms with van der Waals surface area (Å²) >= 11 is 1.65. The number of hydrogen-bond donors (Lipinski definition) is 2. The number of anilines is 2. The number of nitrogens with zero attached hydrogens (tertiary/aromatic N) is 3. The van der Waals surface area contributed by atoms with Crippen molar-refractivity contribution in [1.82, 2.24) is 9.97 Å². The first-order valence-electron chi connectivity index (χ1n) is 5.49. The molecule has 0 saturated carbocycles. The first-order valence-corrected chi connectivity index (χ1v) is 6.37. The van der Waals surface area contributed by atoms with E-state index in [4.69, 9.17) is 11.0 Å². The van der Waals surface area contributed by atoms with E-state index in [0.29, 0.717) is 17.1 Å². The van der Waals surface area contributed by atoms with Gasteiger partial charge in [-0.3, -0.25) is 0 Å². The molecule has 0 aliphatic carbocycles. The molecule has 2 aromatic rings. The second-order valence-corrected chi connectivity index (χ2v) is 4.78. The summed E-state index contributed by atoms with van der Waals surface area (Å²) in [6.45, 7) is 2.70. The molecule has 0 bridgehead atoms. The normalized spacial score (nSPS) is 10.0. The lowest BCUT2D eigenvalue weighted by molar-refractivity contribution is 0.978. The lowest BCUT2D eigenvalue weighted by Crippen LogP contribution is -2.08. The van der Waals surface area contributed by atoms with Gasteiger partial charge in [-0.2, -0.15) is 5.26 Å². The van der Waals surface area contributed by atoms with Gasteiger partial charge in [0.2, 0.25) is 0 Å². The second-order valence-electron chi connectivity index (χ2n) is 3.83. The van der Waals surface area contributed by atoms with Crippen LogP contribution in [0, 0.1) is 18.3 Å². The molecule has 0 unspecified atom stereocenters. The number of rotatable bonds is 4. The van der Waals surface area contributed by atoms with Crippen LogP contribution >= 0.6 is 11.3 Å². The zero-order valence-electron chi connectivity index (χ0n) is 9.97. The molecular formula is C12H13N5S. The summed E-state index contributed by atoms with van der Waals surface area (Å²) in [6.07, 6.45) is 2.34. The molecule has 2 rings (SSSR count). The van der Waals surface area contributed by atoms with Crippen LogP contribution in [0.25, 0.3) is 0 Å². The summed E-state index contributed by atoms with van der Waals surface area (Å²) in [5, 5.41) is 15.0. The predicted molar refractivity (Wildman–Crippen MR) is 72.4 cm³/mol. The molecule has 0 aliphatic heterocycles. The number of nitriles is 1. The monoisotopic (exact) mass is 259 g/mol. The summed E-state index contributed by atoms with van der Waals surface area (Å²) in [6, 6.07) is 3.62. The van der Waals surface area contributed by atoms with Crippen LogP contribution in [0.2, 0.25) is 0 Å². The van der Waals surface area contributed by atoms with Gasteiger partial charge in [0.25, 0.3) is 0 Å². The largest absolute Gasteiger partial charge is 0.396 e. The van der Waals surface area contributed by atoms with E-state index >= 15 is 0 Å². The Morgan fingerprint density at radius 3 is 3.00 bits per heavy atom. The van der Waals surface area contributed by atoms with E-state index < -0.39 is 0 Å². The van der Waals surface area contributed by atoms with Crippen LogP contribution in [0.3, 0.4) is 0 Å². The fourth-order valence-electron chi connectivity index (χ4n) is 1.50. The minimum atomic E-state index is 0.466. The maximum absolute atomic E-state index is 8.71. The molecular weight excluding hydrogens is 246 g/mol. The Bertz CT molecular complexity index is 584. The van der Waals surface area contributed by atoms with Crippen molar-refractivity contribution in [3.63, 3.8) is 0 Å². The Hall–Kier alpha value is -2.13. The van der Waals surface area contributed by atoms with Crippen LogP contribution in [-0.4, -0.2) is 16.5 Å². The van der Waals surface area contributed by atoms with Crippen molar-refractivity contribution in [2.45, 2.75) is 13.3 Å². The van der Waals surface area contributed by atoms with E-state index in [2.05, 4.69) is 15.3 Å². The Kier molecular flexibility index (Phi) is 3.75. The third-order valence-corrected chi connectivity index (χ3v) is 3.37. The van der Waals surface area contributed by atoms with Crippen molar-refractivity contribution in [3.05, 3.63) is 33.9 Å². The molecule has 92 valence electrons. The van der Waals surface area contributed by atoms with Gasteiger partial charge in [-0.05, 0) is 13.0 Å². The molecule has 0 spiro atoms. The van der Waals surface area contributed by atoms with Gasteiger partial charge in [0.15, 0.2) is 0 Å². The fourth-order valence-corrected chi connectivity index (χ4v) is 2.27. The zero-order chi connectivity index (χ0) is 13.0. The summed E-state index contributed by atoms with van der Waals surface area (Å²) in [7, 11) is 0. The molecule has 0 atom stereocenters. The van der Waals surface area contributed by atoms with Gasteiger partial charge in [-0.1, -0.05) is 0 Å². The van der Waals surface area contributed by atoms with Crippen molar-refractivity contribution in [3.8, 4) is 6.07 Å². The number of aryl methyl sites for hydroxylation is 1. The number of nitrogens with one attached hydrogen (secondary N) is 1. The van der Waals surface area contributed by atoms with Crippen LogP contribution in [0.5, 0.6) is 0 Å². The molecule has 0 saturated heterocycles. The number of hydrogen-bond acceptors (Lipinski definition) is 6. The average molecular weight is 259 g/mol. The predicted octanol–water partition coefficient (Wildman–Crippen LogP) is 1.95. The van der Waals surface area contributed by atoms with Crippen molar-refractivity contribution in [1.29, 1.82) is 5.26 Å². The van der Waals surface area contributed by atoms with Crippen LogP contribution in [-0.2, 0) is 6.42 Å². The quantitative estimate of drug-likeness (QED) is 0.876. The topological polar surface area (TPSA) is 87.6 Å². The highest BCUT2D eigenvalue weighted by Crippen LogP contribution is 2.16. The van der Waals surface area contributed by atoms with Gasteiger partial charge in [-0.25, -0.2) is 9.97 Å². The van der Waals surface area contributed by atoms with Gasteiger partial charge in [0, 0.05) is 30.2 Å². The van der Waals surface area contributed by atoms with E-state index in [1.165, 1.54) is 6.20 Å². The van der Waals surface area contributed by atoms with E-state index in [0.717, 1.165) is 23.7 Å². The van der Waals surface area contributed by atoms with E-state index in [-0.39, 0.29) is 0 Å². The molecule has 2 heterocycles. The summed E-state index contributed by atoms with van der Waals surface area (Å²) in [5.41, 5.74) is 7.80. The minimum Gasteiger partial charge on any atom is -0.396 e. The Morgan fingerprint density at radius 2 is 2.39 bits per heavy atom. The Labute approximate surface area is 109 Å². The van der Waals surface area contributed by atoms with Crippen LogP contribution in [0.4, 0.5) is 11.5 Å². The minimum absolute atomic E-state index is 0.466. The molecule has 3 N–H and O–H groups in total. The van der Waals surface area contributed by atoms with Gasteiger partial charge < -0.3 is 11.1 Å². The molecule has 6 heteroatoms. The zero-order valence-corrected chi connectivity index (χ0v) is 10.8. The standard InChI is InChI=1S/C12H13N5S/c1-8-7-18-11(17-8)2-3-15-12-10(14)4-9(5-13)6-16-12/h4,6-7H,2-3,14H2,1H3,(H,15,16). The molecule has 0 aliphatic rings. The highest BCUT2D eigenvalue weighted by atomic mass is 32.1. The van der Waals surface area contributed by atoms with E-state index in [1.54, 1.807) is 17.4 Å². The molecule has 5 nitrogen and oxygen atoms in total. The van der Waals surface area contributed by atoms with Gasteiger partial charge in [0.05, 0.1) is 16.3 Å². The first-order chi connectivity index (χ1) is 8.69. The van der Waals surface area contributed by atoms with Gasteiger partial charge in [-0.15, -0.1) is 11.3 Å². The van der Waals surface area contributed by atoms with E-state index in [9.17, 15) is 0 Å². The number of nitrogen functional groups attached to an aromatic ring is 1. The third-order valence-electron chi connectivity index (χ3n) is 2.34. The number of pyridine rings is 1. The maximum Gasteiger partial charge on any atom is 0.149 e. The van der Waals surface area contributed by atoms with Gasteiger partial charge >= 0.3 is 0 Å². The van der Waals surface area contributed by atoms with Crippen LogP contribution in [0.1, 0.15) is 16.3 Å². The smallest absolute Gasteiger partial charge is 0.149 e. The number of thiazole rings is 1. The molecule has 18 heavy (non-hydrogen) atoms. The first kappa shape index (κ1) is 12.3.